The van der Waals surface area contributed by atoms with Gasteiger partial charge in [-0.1, -0.05) is 22.9 Å². The van der Waals surface area contributed by atoms with Crippen molar-refractivity contribution in [3.8, 4) is 0 Å². The lowest BCUT2D eigenvalue weighted by molar-refractivity contribution is -0.385. The monoisotopic (exact) mass is 352 g/mol. The van der Waals surface area contributed by atoms with Crippen molar-refractivity contribution in [2.45, 2.75) is 32.4 Å². The molecule has 0 spiro atoms. The Hall–Kier alpha value is -1.73. The van der Waals surface area contributed by atoms with Gasteiger partial charge in [-0.05, 0) is 18.6 Å². The van der Waals surface area contributed by atoms with Crippen molar-refractivity contribution in [3.63, 3.8) is 0 Å². The van der Waals surface area contributed by atoms with Crippen LogP contribution in [0.15, 0.2) is 35.2 Å². The summed E-state index contributed by atoms with van der Waals surface area (Å²) in [6, 6.07) is 5.16. The average Bonchev–Trinajstić information content (AvgIpc) is 2.87. The SMILES string of the molecule is CCC(N)Cc1cn(Cc2ccc(Br)cc2[N+](=O)[O-])cn1. The summed E-state index contributed by atoms with van der Waals surface area (Å²) in [6.45, 7) is 2.45. The lowest BCUT2D eigenvalue weighted by Gasteiger charge is -2.06. The minimum Gasteiger partial charge on any atom is -0.333 e. The number of halogens is 1. The van der Waals surface area contributed by atoms with E-state index in [4.69, 9.17) is 5.73 Å². The quantitative estimate of drug-likeness (QED) is 0.639. The van der Waals surface area contributed by atoms with E-state index < -0.39 is 0 Å². The van der Waals surface area contributed by atoms with Crippen LogP contribution in [0.2, 0.25) is 0 Å². The van der Waals surface area contributed by atoms with Crippen LogP contribution in [0.5, 0.6) is 0 Å². The first-order valence-corrected chi connectivity index (χ1v) is 7.48. The molecule has 1 aromatic heterocycles. The van der Waals surface area contributed by atoms with E-state index in [1.165, 1.54) is 6.07 Å². The first-order chi connectivity index (χ1) is 9.99. The number of nitrogens with zero attached hydrogens (tertiary/aromatic N) is 3. The fourth-order valence-electron chi connectivity index (χ4n) is 2.05. The Bertz CT molecular complexity index is 642. The molecule has 2 rings (SSSR count). The third-order valence-corrected chi connectivity index (χ3v) is 3.77. The number of nitro benzene ring substituents is 1. The first kappa shape index (κ1) is 15.7. The molecule has 0 aliphatic rings. The van der Waals surface area contributed by atoms with Crippen molar-refractivity contribution in [2.24, 2.45) is 5.73 Å². The molecule has 2 N–H and O–H groups in total. The molecule has 0 saturated heterocycles. The van der Waals surface area contributed by atoms with E-state index in [2.05, 4.69) is 20.9 Å². The zero-order valence-electron chi connectivity index (χ0n) is 11.7. The largest absolute Gasteiger partial charge is 0.333 e. The van der Waals surface area contributed by atoms with Gasteiger partial charge in [0.05, 0.1) is 23.5 Å². The number of nitrogens with two attached hydrogens (primary N) is 1. The molecule has 2 aromatic rings. The first-order valence-electron chi connectivity index (χ1n) is 6.68. The molecule has 21 heavy (non-hydrogen) atoms. The molecule has 0 bridgehead atoms. The normalized spacial score (nSPS) is 12.3. The van der Waals surface area contributed by atoms with Gasteiger partial charge in [-0.15, -0.1) is 0 Å². The summed E-state index contributed by atoms with van der Waals surface area (Å²) in [6.07, 6.45) is 5.18. The highest BCUT2D eigenvalue weighted by molar-refractivity contribution is 9.10. The van der Waals surface area contributed by atoms with Crippen LogP contribution < -0.4 is 5.73 Å². The van der Waals surface area contributed by atoms with E-state index in [-0.39, 0.29) is 16.7 Å². The standard InChI is InChI=1S/C14H17BrN4O2/c1-2-12(16)6-13-8-18(9-17-13)7-10-3-4-11(15)5-14(10)19(20)21/h3-5,8-9,12H,2,6-7,16H2,1H3. The van der Waals surface area contributed by atoms with E-state index in [0.717, 1.165) is 12.1 Å². The average molecular weight is 353 g/mol. The fourth-order valence-corrected chi connectivity index (χ4v) is 2.40. The van der Waals surface area contributed by atoms with Crippen LogP contribution in [0, 0.1) is 10.1 Å². The number of hydrogen-bond donors (Lipinski definition) is 1. The second-order valence-electron chi connectivity index (χ2n) is 4.94. The van der Waals surface area contributed by atoms with Gasteiger partial charge in [0, 0.05) is 34.8 Å². The van der Waals surface area contributed by atoms with Gasteiger partial charge in [-0.2, -0.15) is 0 Å². The van der Waals surface area contributed by atoms with Crippen molar-refractivity contribution in [2.75, 3.05) is 0 Å². The summed E-state index contributed by atoms with van der Waals surface area (Å²) >= 11 is 3.25. The Balaban J connectivity index is 2.17. The second kappa shape index (κ2) is 6.82. The van der Waals surface area contributed by atoms with E-state index in [0.29, 0.717) is 23.0 Å². The molecule has 0 saturated carbocycles. The molecule has 0 radical (unpaired) electrons. The molecule has 7 heteroatoms. The van der Waals surface area contributed by atoms with Gasteiger partial charge >= 0.3 is 0 Å². The Morgan fingerprint density at radius 1 is 1.52 bits per heavy atom. The molecule has 0 aliphatic heterocycles. The molecular formula is C14H17BrN4O2. The highest BCUT2D eigenvalue weighted by atomic mass is 79.9. The predicted molar refractivity (Wildman–Crippen MR) is 84.1 cm³/mol. The summed E-state index contributed by atoms with van der Waals surface area (Å²) in [5, 5.41) is 11.1. The van der Waals surface area contributed by atoms with Gasteiger partial charge in [0.15, 0.2) is 0 Å². The van der Waals surface area contributed by atoms with Crippen molar-refractivity contribution in [3.05, 3.63) is 56.6 Å². The number of benzene rings is 1. The molecule has 112 valence electrons. The van der Waals surface area contributed by atoms with Gasteiger partial charge < -0.3 is 10.3 Å². The second-order valence-corrected chi connectivity index (χ2v) is 5.86. The van der Waals surface area contributed by atoms with Crippen LogP contribution in [0.25, 0.3) is 0 Å². The Morgan fingerprint density at radius 3 is 2.95 bits per heavy atom. The van der Waals surface area contributed by atoms with Gasteiger partial charge in [0.25, 0.3) is 5.69 Å². The Kier molecular flexibility index (Phi) is 5.08. The van der Waals surface area contributed by atoms with Crippen molar-refractivity contribution < 1.29 is 4.92 Å². The predicted octanol–water partition coefficient (Wildman–Crippen LogP) is 2.88. The minimum atomic E-state index is -0.370. The van der Waals surface area contributed by atoms with Crippen LogP contribution in [0.1, 0.15) is 24.6 Å². The molecule has 0 aliphatic carbocycles. The minimum absolute atomic E-state index is 0.0929. The molecule has 0 amide bonds. The van der Waals surface area contributed by atoms with Gasteiger partial charge in [-0.25, -0.2) is 4.98 Å². The number of aromatic nitrogens is 2. The molecule has 1 atom stereocenters. The van der Waals surface area contributed by atoms with Gasteiger partial charge in [0.2, 0.25) is 0 Å². The molecule has 1 aromatic carbocycles. The van der Waals surface area contributed by atoms with Crippen LogP contribution >= 0.6 is 15.9 Å². The van der Waals surface area contributed by atoms with E-state index in [9.17, 15) is 10.1 Å². The maximum Gasteiger partial charge on any atom is 0.275 e. The Labute approximate surface area is 131 Å². The van der Waals surface area contributed by atoms with E-state index in [1.807, 2.05) is 17.7 Å². The van der Waals surface area contributed by atoms with Gasteiger partial charge in [-0.3, -0.25) is 10.1 Å². The highest BCUT2D eigenvalue weighted by Crippen LogP contribution is 2.24. The van der Waals surface area contributed by atoms with Crippen molar-refractivity contribution in [1.82, 2.24) is 9.55 Å². The number of nitro groups is 1. The summed E-state index contributed by atoms with van der Waals surface area (Å²) in [7, 11) is 0. The lowest BCUT2D eigenvalue weighted by atomic mass is 10.1. The van der Waals surface area contributed by atoms with Crippen molar-refractivity contribution >= 4 is 21.6 Å². The number of hydrogen-bond acceptors (Lipinski definition) is 4. The molecule has 0 fully saturated rings. The number of rotatable bonds is 6. The fraction of sp³-hybridized carbons (Fsp3) is 0.357. The molecule has 1 heterocycles. The molecule has 6 nitrogen and oxygen atoms in total. The van der Waals surface area contributed by atoms with Crippen molar-refractivity contribution in [1.29, 1.82) is 0 Å². The lowest BCUT2D eigenvalue weighted by Crippen LogP contribution is -2.21. The van der Waals surface area contributed by atoms with E-state index >= 15 is 0 Å². The highest BCUT2D eigenvalue weighted by Gasteiger charge is 2.15. The zero-order valence-corrected chi connectivity index (χ0v) is 13.3. The summed E-state index contributed by atoms with van der Waals surface area (Å²) in [5.41, 5.74) is 7.56. The molecular weight excluding hydrogens is 336 g/mol. The summed E-state index contributed by atoms with van der Waals surface area (Å²) < 4.78 is 2.53. The number of imidazole rings is 1. The van der Waals surface area contributed by atoms with Crippen LogP contribution in [-0.2, 0) is 13.0 Å². The zero-order chi connectivity index (χ0) is 15.4. The van der Waals surface area contributed by atoms with Crippen LogP contribution in [-0.4, -0.2) is 20.5 Å². The smallest absolute Gasteiger partial charge is 0.275 e. The van der Waals surface area contributed by atoms with Crippen LogP contribution in [0.3, 0.4) is 0 Å². The summed E-state index contributed by atoms with van der Waals surface area (Å²) in [5.74, 6) is 0. The maximum atomic E-state index is 11.1. The summed E-state index contributed by atoms with van der Waals surface area (Å²) in [4.78, 5) is 15.0. The van der Waals surface area contributed by atoms with Crippen LogP contribution in [0.4, 0.5) is 5.69 Å². The maximum absolute atomic E-state index is 11.1. The van der Waals surface area contributed by atoms with Gasteiger partial charge in [0.1, 0.15) is 0 Å². The topological polar surface area (TPSA) is 87.0 Å². The third kappa shape index (κ3) is 4.12. The molecule has 1 unspecified atom stereocenters. The van der Waals surface area contributed by atoms with E-state index in [1.54, 1.807) is 18.5 Å². The third-order valence-electron chi connectivity index (χ3n) is 3.28. The Morgan fingerprint density at radius 2 is 2.29 bits per heavy atom.